The molecule has 0 atom stereocenters. The van der Waals surface area contributed by atoms with Gasteiger partial charge in [-0.15, -0.1) is 11.3 Å². The monoisotopic (exact) mass is 448 g/mol. The smallest absolute Gasteiger partial charge is 0.422 e. The number of hydrogen-bond donors (Lipinski definition) is 2. The molecule has 0 bridgehead atoms. The van der Waals surface area contributed by atoms with Gasteiger partial charge in [-0.1, -0.05) is 6.42 Å². The van der Waals surface area contributed by atoms with Crippen LogP contribution in [0.3, 0.4) is 0 Å². The minimum Gasteiger partial charge on any atom is -0.443 e. The van der Waals surface area contributed by atoms with Crippen molar-refractivity contribution in [3.63, 3.8) is 0 Å². The number of nitrogens with one attached hydrogen (secondary N) is 2. The molecular formula is C22H32N4O4S. The van der Waals surface area contributed by atoms with Crippen LogP contribution in [0.15, 0.2) is 9.59 Å². The SMILES string of the molecule is Cc1c(CNNC(=O)OC(C)(C)C)sc2c1c(=O)n(C1(C)CC1)c(=O)n2CC1CCC1. The van der Waals surface area contributed by atoms with Crippen molar-refractivity contribution in [1.82, 2.24) is 20.0 Å². The van der Waals surface area contributed by atoms with Gasteiger partial charge in [0.1, 0.15) is 10.4 Å². The van der Waals surface area contributed by atoms with E-state index in [0.29, 0.717) is 24.4 Å². The normalized spacial score (nSPS) is 18.1. The number of fused-ring (bicyclic) bond motifs is 1. The first-order valence-corrected chi connectivity index (χ1v) is 11.8. The highest BCUT2D eigenvalue weighted by atomic mass is 32.1. The Morgan fingerprint density at radius 3 is 2.48 bits per heavy atom. The third-order valence-electron chi connectivity index (χ3n) is 6.33. The van der Waals surface area contributed by atoms with E-state index in [1.165, 1.54) is 22.3 Å². The van der Waals surface area contributed by atoms with E-state index >= 15 is 0 Å². The van der Waals surface area contributed by atoms with Crippen LogP contribution < -0.4 is 22.1 Å². The number of carbonyl (C=O) groups excluding carboxylic acids is 1. The standard InChI is InChI=1S/C22H32N4O4S/c1-13-15(11-23-24-19(28)30-21(2,3)4)31-18-16(13)17(27)26(22(5)9-10-22)20(29)25(18)12-14-7-6-8-14/h14,23H,6-12H2,1-5H3,(H,24,28). The third-order valence-corrected chi connectivity index (χ3v) is 7.64. The summed E-state index contributed by atoms with van der Waals surface area (Å²) in [5.74, 6) is 0.497. The number of amides is 1. The van der Waals surface area contributed by atoms with Crippen LogP contribution >= 0.6 is 11.3 Å². The number of aryl methyl sites for hydroxylation is 1. The van der Waals surface area contributed by atoms with E-state index in [-0.39, 0.29) is 16.8 Å². The largest absolute Gasteiger partial charge is 0.443 e. The van der Waals surface area contributed by atoms with Gasteiger partial charge in [-0.25, -0.2) is 15.0 Å². The van der Waals surface area contributed by atoms with Gasteiger partial charge in [0.25, 0.3) is 5.56 Å². The van der Waals surface area contributed by atoms with E-state index in [9.17, 15) is 14.4 Å². The molecule has 0 radical (unpaired) electrons. The highest BCUT2D eigenvalue weighted by Gasteiger charge is 2.43. The zero-order valence-corrected chi connectivity index (χ0v) is 19.8. The molecule has 4 rings (SSSR count). The number of hydrazine groups is 1. The van der Waals surface area contributed by atoms with Gasteiger partial charge in [-0.3, -0.25) is 19.4 Å². The number of hydrogen-bond acceptors (Lipinski definition) is 6. The second kappa shape index (κ2) is 7.78. The first kappa shape index (κ1) is 22.1. The molecule has 0 aliphatic heterocycles. The van der Waals surface area contributed by atoms with Gasteiger partial charge < -0.3 is 4.74 Å². The molecule has 9 heteroatoms. The Morgan fingerprint density at radius 1 is 1.26 bits per heavy atom. The van der Waals surface area contributed by atoms with Crippen LogP contribution in [0, 0.1) is 12.8 Å². The lowest BCUT2D eigenvalue weighted by Gasteiger charge is -2.27. The molecule has 2 aliphatic rings. The fourth-order valence-electron chi connectivity index (χ4n) is 4.04. The van der Waals surface area contributed by atoms with Crippen LogP contribution in [-0.4, -0.2) is 20.8 Å². The van der Waals surface area contributed by atoms with Crippen molar-refractivity contribution in [1.29, 1.82) is 0 Å². The lowest BCUT2D eigenvalue weighted by atomic mass is 9.85. The first-order valence-electron chi connectivity index (χ1n) is 11.0. The zero-order chi connectivity index (χ0) is 22.6. The predicted octanol–water partition coefficient (Wildman–Crippen LogP) is 3.37. The maximum Gasteiger partial charge on any atom is 0.422 e. The summed E-state index contributed by atoms with van der Waals surface area (Å²) in [5.41, 5.74) is 4.97. The summed E-state index contributed by atoms with van der Waals surface area (Å²) in [5, 5.41) is 0.631. The van der Waals surface area contributed by atoms with Gasteiger partial charge in [0.05, 0.1) is 10.9 Å². The molecule has 0 unspecified atom stereocenters. The van der Waals surface area contributed by atoms with Gasteiger partial charge in [-0.05, 0) is 71.8 Å². The maximum atomic E-state index is 13.4. The number of ether oxygens (including phenoxy) is 1. The van der Waals surface area contributed by atoms with Crippen LogP contribution in [0.1, 0.15) is 70.2 Å². The summed E-state index contributed by atoms with van der Waals surface area (Å²) in [6.45, 7) is 10.3. The highest BCUT2D eigenvalue weighted by molar-refractivity contribution is 7.18. The van der Waals surface area contributed by atoms with Crippen LogP contribution in [-0.2, 0) is 23.4 Å². The van der Waals surface area contributed by atoms with Gasteiger partial charge >= 0.3 is 11.8 Å². The first-order chi connectivity index (χ1) is 14.5. The molecule has 1 amide bonds. The summed E-state index contributed by atoms with van der Waals surface area (Å²) in [7, 11) is 0. The van der Waals surface area contributed by atoms with Gasteiger partial charge in [-0.2, -0.15) is 0 Å². The molecule has 0 spiro atoms. The molecular weight excluding hydrogens is 416 g/mol. The molecule has 0 aromatic carbocycles. The molecule has 2 N–H and O–H groups in total. The Morgan fingerprint density at radius 2 is 1.94 bits per heavy atom. The second-order valence-electron chi connectivity index (χ2n) is 10.1. The van der Waals surface area contributed by atoms with Crippen LogP contribution in [0.2, 0.25) is 0 Å². The van der Waals surface area contributed by atoms with Gasteiger partial charge in [0, 0.05) is 18.0 Å². The number of carbonyl (C=O) groups is 1. The highest BCUT2D eigenvalue weighted by Crippen LogP contribution is 2.41. The van der Waals surface area contributed by atoms with Crippen molar-refractivity contribution >= 4 is 27.6 Å². The van der Waals surface area contributed by atoms with Crippen molar-refractivity contribution in [2.45, 2.75) is 91.0 Å². The molecule has 0 saturated heterocycles. The Kier molecular flexibility index (Phi) is 5.54. The molecule has 2 aromatic rings. The average molecular weight is 449 g/mol. The summed E-state index contributed by atoms with van der Waals surface area (Å²) in [6.07, 6.45) is 4.61. The van der Waals surface area contributed by atoms with Crippen LogP contribution in [0.4, 0.5) is 4.79 Å². The molecule has 2 heterocycles. The quantitative estimate of drug-likeness (QED) is 0.661. The summed E-state index contributed by atoms with van der Waals surface area (Å²) < 4.78 is 8.55. The lowest BCUT2D eigenvalue weighted by molar-refractivity contribution is 0.0497. The van der Waals surface area contributed by atoms with Gasteiger partial charge in [0.15, 0.2) is 0 Å². The van der Waals surface area contributed by atoms with Crippen LogP contribution in [0.5, 0.6) is 0 Å². The van der Waals surface area contributed by atoms with E-state index < -0.39 is 11.7 Å². The molecule has 170 valence electrons. The van der Waals surface area contributed by atoms with Gasteiger partial charge in [0.2, 0.25) is 0 Å². The fourth-order valence-corrected chi connectivity index (χ4v) is 5.27. The zero-order valence-electron chi connectivity index (χ0n) is 19.0. The van der Waals surface area contributed by atoms with E-state index in [0.717, 1.165) is 41.0 Å². The van der Waals surface area contributed by atoms with Crippen molar-refractivity contribution in [3.05, 3.63) is 31.3 Å². The van der Waals surface area contributed by atoms with E-state index in [1.807, 2.05) is 18.4 Å². The van der Waals surface area contributed by atoms with E-state index in [1.54, 1.807) is 20.8 Å². The Bertz CT molecular complexity index is 1130. The topological polar surface area (TPSA) is 94.4 Å². The number of aromatic nitrogens is 2. The fraction of sp³-hybridized carbons (Fsp3) is 0.682. The van der Waals surface area contributed by atoms with E-state index in [2.05, 4.69) is 10.9 Å². The Balaban J connectivity index is 1.67. The van der Waals surface area contributed by atoms with Crippen molar-refractivity contribution in [3.8, 4) is 0 Å². The maximum absolute atomic E-state index is 13.4. The van der Waals surface area contributed by atoms with Crippen molar-refractivity contribution in [2.24, 2.45) is 5.92 Å². The Labute approximate surface area is 185 Å². The minimum absolute atomic E-state index is 0.183. The summed E-state index contributed by atoms with van der Waals surface area (Å²) in [6, 6.07) is 0. The molecule has 2 fully saturated rings. The molecule has 8 nitrogen and oxygen atoms in total. The lowest BCUT2D eigenvalue weighted by Crippen LogP contribution is -2.45. The van der Waals surface area contributed by atoms with Crippen LogP contribution in [0.25, 0.3) is 10.2 Å². The summed E-state index contributed by atoms with van der Waals surface area (Å²) in [4.78, 5) is 40.3. The van der Waals surface area contributed by atoms with Crippen molar-refractivity contribution < 1.29 is 9.53 Å². The second-order valence-corrected chi connectivity index (χ2v) is 11.2. The molecule has 31 heavy (non-hydrogen) atoms. The summed E-state index contributed by atoms with van der Waals surface area (Å²) >= 11 is 1.45. The number of nitrogens with zero attached hydrogens (tertiary/aromatic N) is 2. The molecule has 2 aromatic heterocycles. The van der Waals surface area contributed by atoms with E-state index in [4.69, 9.17) is 4.74 Å². The average Bonchev–Trinajstić information content (AvgIpc) is 3.25. The molecule has 2 aliphatic carbocycles. The number of rotatable bonds is 6. The van der Waals surface area contributed by atoms with Crippen molar-refractivity contribution in [2.75, 3.05) is 0 Å². The minimum atomic E-state index is -0.582. The molecule has 2 saturated carbocycles. The Hall–Kier alpha value is -2.13. The predicted molar refractivity (Wildman–Crippen MR) is 122 cm³/mol. The number of thiophene rings is 1. The third kappa shape index (κ3) is 4.30.